The van der Waals surface area contributed by atoms with Gasteiger partial charge >= 0.3 is 0 Å². The van der Waals surface area contributed by atoms with Crippen molar-refractivity contribution in [3.8, 4) is 6.07 Å². The highest BCUT2D eigenvalue weighted by Gasteiger charge is 2.25. The summed E-state index contributed by atoms with van der Waals surface area (Å²) in [7, 11) is 0. The summed E-state index contributed by atoms with van der Waals surface area (Å²) in [6.45, 7) is -0.439. The smallest absolute Gasteiger partial charge is 0.270 e. The summed E-state index contributed by atoms with van der Waals surface area (Å²) >= 11 is 0. The molecule has 1 N–H and O–H groups in total. The number of hydrogen-bond donors (Lipinski definition) is 1. The number of benzene rings is 1. The van der Waals surface area contributed by atoms with E-state index in [9.17, 15) is 14.4 Å². The van der Waals surface area contributed by atoms with Crippen molar-refractivity contribution in [3.63, 3.8) is 0 Å². The second-order valence-electron chi connectivity index (χ2n) is 6.65. The molecule has 1 saturated carbocycles. The Bertz CT molecular complexity index is 1060. The van der Waals surface area contributed by atoms with E-state index in [0.717, 1.165) is 18.4 Å². The van der Waals surface area contributed by atoms with Gasteiger partial charge in [-0.2, -0.15) is 5.26 Å². The highest BCUT2D eigenvalue weighted by atomic mass is 19.1. The molecule has 1 amide bonds. The Balaban J connectivity index is 1.70. The van der Waals surface area contributed by atoms with Gasteiger partial charge in [-0.3, -0.25) is 9.78 Å². The molecule has 134 valence electrons. The second-order valence-corrected chi connectivity index (χ2v) is 6.65. The van der Waals surface area contributed by atoms with Crippen LogP contribution in [0.3, 0.4) is 0 Å². The summed E-state index contributed by atoms with van der Waals surface area (Å²) in [6.07, 6.45) is 3.82. The molecule has 6 heteroatoms. The third-order valence-electron chi connectivity index (χ3n) is 4.72. The number of halogens is 1. The SMILES string of the molecule is N#Cc1cc(C(=O)NCc2ccccn2)nc2c(CF)cc(C3CC3)cc12. The second kappa shape index (κ2) is 7.12. The van der Waals surface area contributed by atoms with Crippen LogP contribution in [0.5, 0.6) is 0 Å². The van der Waals surface area contributed by atoms with Crippen LogP contribution in [0.2, 0.25) is 0 Å². The molecule has 0 saturated heterocycles. The summed E-state index contributed by atoms with van der Waals surface area (Å²) in [4.78, 5) is 21.0. The molecule has 1 aromatic carbocycles. The number of nitrogens with zero attached hydrogens (tertiary/aromatic N) is 3. The Morgan fingerprint density at radius 3 is 2.81 bits per heavy atom. The maximum absolute atomic E-state index is 13.6. The lowest BCUT2D eigenvalue weighted by Gasteiger charge is -2.11. The number of hydrogen-bond acceptors (Lipinski definition) is 4. The molecule has 0 radical (unpaired) electrons. The number of fused-ring (bicyclic) bond motifs is 1. The van der Waals surface area contributed by atoms with Gasteiger partial charge in [0, 0.05) is 17.1 Å². The number of carbonyl (C=O) groups excluding carboxylic acids is 1. The van der Waals surface area contributed by atoms with Crippen molar-refractivity contribution >= 4 is 16.8 Å². The predicted octanol–water partition coefficient (Wildman–Crippen LogP) is 3.78. The lowest BCUT2D eigenvalue weighted by molar-refractivity contribution is 0.0945. The lowest BCUT2D eigenvalue weighted by Crippen LogP contribution is -2.24. The van der Waals surface area contributed by atoms with Gasteiger partial charge < -0.3 is 5.32 Å². The molecule has 3 aromatic rings. The van der Waals surface area contributed by atoms with Crippen LogP contribution in [0, 0.1) is 11.3 Å². The van der Waals surface area contributed by atoms with Crippen LogP contribution in [-0.4, -0.2) is 15.9 Å². The number of rotatable bonds is 5. The van der Waals surface area contributed by atoms with Gasteiger partial charge in [-0.25, -0.2) is 9.37 Å². The molecule has 0 atom stereocenters. The zero-order chi connectivity index (χ0) is 18.8. The average molecular weight is 360 g/mol. The molecule has 5 nitrogen and oxygen atoms in total. The van der Waals surface area contributed by atoms with E-state index in [1.54, 1.807) is 18.3 Å². The molecule has 1 fully saturated rings. The van der Waals surface area contributed by atoms with E-state index in [-0.39, 0.29) is 12.2 Å². The number of alkyl halides is 1. The van der Waals surface area contributed by atoms with Crippen LogP contribution in [0.25, 0.3) is 10.9 Å². The van der Waals surface area contributed by atoms with Gasteiger partial charge in [-0.1, -0.05) is 12.1 Å². The fourth-order valence-corrected chi connectivity index (χ4v) is 3.15. The van der Waals surface area contributed by atoms with Gasteiger partial charge in [0.2, 0.25) is 0 Å². The molecule has 1 aliphatic rings. The fraction of sp³-hybridized carbons (Fsp3) is 0.238. The fourth-order valence-electron chi connectivity index (χ4n) is 3.15. The molecule has 2 heterocycles. The molecule has 0 unspecified atom stereocenters. The van der Waals surface area contributed by atoms with Crippen LogP contribution in [-0.2, 0) is 13.2 Å². The normalized spacial score (nSPS) is 13.3. The minimum Gasteiger partial charge on any atom is -0.345 e. The molecule has 27 heavy (non-hydrogen) atoms. The summed E-state index contributed by atoms with van der Waals surface area (Å²) in [5.41, 5.74) is 2.99. The molecule has 2 aromatic heterocycles. The standard InChI is InChI=1S/C21H17FN4O/c22-10-15-7-14(13-4-5-13)8-18-16(11-23)9-19(26-20(15)18)21(27)25-12-17-3-1-2-6-24-17/h1-3,6-9,13H,4-5,10,12H2,(H,25,27). The average Bonchev–Trinajstić information content (AvgIpc) is 3.56. The van der Waals surface area contributed by atoms with Crippen molar-refractivity contribution in [3.05, 3.63) is 70.7 Å². The minimum absolute atomic E-state index is 0.101. The molecule has 0 spiro atoms. The first-order valence-corrected chi connectivity index (χ1v) is 8.81. The number of carbonyl (C=O) groups is 1. The quantitative estimate of drug-likeness (QED) is 0.751. The first-order chi connectivity index (χ1) is 13.2. The topological polar surface area (TPSA) is 78.7 Å². The van der Waals surface area contributed by atoms with Crippen molar-refractivity contribution < 1.29 is 9.18 Å². The van der Waals surface area contributed by atoms with E-state index < -0.39 is 12.6 Å². The van der Waals surface area contributed by atoms with Crippen molar-refractivity contribution in [2.45, 2.75) is 32.0 Å². The third kappa shape index (κ3) is 3.49. The maximum atomic E-state index is 13.6. The van der Waals surface area contributed by atoms with Crippen LogP contribution in [0.1, 0.15) is 51.6 Å². The molecule has 4 rings (SSSR count). The van der Waals surface area contributed by atoms with E-state index >= 15 is 0 Å². The number of aromatic nitrogens is 2. The summed E-state index contributed by atoms with van der Waals surface area (Å²) in [6, 6.07) is 12.7. The van der Waals surface area contributed by atoms with Crippen molar-refractivity contribution in [1.82, 2.24) is 15.3 Å². The van der Waals surface area contributed by atoms with Gasteiger partial charge in [0.1, 0.15) is 12.4 Å². The van der Waals surface area contributed by atoms with E-state index in [1.807, 2.05) is 18.2 Å². The van der Waals surface area contributed by atoms with E-state index in [2.05, 4.69) is 21.4 Å². The van der Waals surface area contributed by atoms with Gasteiger partial charge in [0.15, 0.2) is 0 Å². The van der Waals surface area contributed by atoms with Crippen molar-refractivity contribution in [2.24, 2.45) is 0 Å². The zero-order valence-electron chi connectivity index (χ0n) is 14.6. The van der Waals surface area contributed by atoms with Gasteiger partial charge in [0.25, 0.3) is 5.91 Å². The first kappa shape index (κ1) is 17.1. The molecule has 1 aliphatic carbocycles. The molecule has 0 aliphatic heterocycles. The molecular formula is C21H17FN4O. The lowest BCUT2D eigenvalue weighted by atomic mass is 9.99. The van der Waals surface area contributed by atoms with Gasteiger partial charge in [-0.05, 0) is 48.6 Å². The Kier molecular flexibility index (Phi) is 4.51. The predicted molar refractivity (Wildman–Crippen MR) is 98.7 cm³/mol. The van der Waals surface area contributed by atoms with E-state index in [4.69, 9.17) is 0 Å². The summed E-state index contributed by atoms with van der Waals surface area (Å²) < 4.78 is 13.6. The number of nitrogens with one attached hydrogen (secondary N) is 1. The van der Waals surface area contributed by atoms with Gasteiger partial charge in [0.05, 0.1) is 29.4 Å². The van der Waals surface area contributed by atoms with Crippen LogP contribution < -0.4 is 5.32 Å². The summed E-state index contributed by atoms with van der Waals surface area (Å²) in [5, 5.41) is 12.9. The number of amides is 1. The minimum atomic E-state index is -0.687. The molecular weight excluding hydrogens is 343 g/mol. The maximum Gasteiger partial charge on any atom is 0.270 e. The Hall–Kier alpha value is -3.33. The van der Waals surface area contributed by atoms with E-state index in [1.165, 1.54) is 6.07 Å². The van der Waals surface area contributed by atoms with Crippen molar-refractivity contribution in [2.75, 3.05) is 0 Å². The number of nitriles is 1. The van der Waals surface area contributed by atoms with Gasteiger partial charge in [-0.15, -0.1) is 0 Å². The summed E-state index contributed by atoms with van der Waals surface area (Å²) in [5.74, 6) is 0.0164. The van der Waals surface area contributed by atoms with E-state index in [0.29, 0.717) is 33.6 Å². The van der Waals surface area contributed by atoms with Crippen molar-refractivity contribution in [1.29, 1.82) is 5.26 Å². The highest BCUT2D eigenvalue weighted by molar-refractivity contribution is 5.97. The molecule has 0 bridgehead atoms. The Morgan fingerprint density at radius 2 is 2.15 bits per heavy atom. The van der Waals surface area contributed by atoms with Crippen LogP contribution in [0.15, 0.2) is 42.6 Å². The zero-order valence-corrected chi connectivity index (χ0v) is 14.6. The Labute approximate surface area is 155 Å². The largest absolute Gasteiger partial charge is 0.345 e. The number of pyridine rings is 2. The third-order valence-corrected chi connectivity index (χ3v) is 4.72. The van der Waals surface area contributed by atoms with Crippen LogP contribution >= 0.6 is 0 Å². The Morgan fingerprint density at radius 1 is 1.30 bits per heavy atom. The first-order valence-electron chi connectivity index (χ1n) is 8.81. The monoisotopic (exact) mass is 360 g/mol. The highest BCUT2D eigenvalue weighted by Crippen LogP contribution is 2.42. The van der Waals surface area contributed by atoms with Crippen LogP contribution in [0.4, 0.5) is 4.39 Å².